The predicted molar refractivity (Wildman–Crippen MR) is 306 cm³/mol. The molecule has 0 aromatic carbocycles. The fraction of sp³-hybridized carbons (Fsp3) is 0.615. The lowest BCUT2D eigenvalue weighted by atomic mass is 10.1. The number of unbranched alkanes of at least 4 members (excludes halogenated alkanes) is 17. The molecule has 1 atom stereocenters. The van der Waals surface area contributed by atoms with Crippen LogP contribution in [-0.2, 0) is 28.6 Å². The van der Waals surface area contributed by atoms with Crippen molar-refractivity contribution in [3.05, 3.63) is 134 Å². The standard InChI is InChI=1S/C65H104O6/c1-4-7-10-13-16-19-22-25-28-30-32-34-37-40-43-46-49-52-55-58-64(67)70-61-62(60-69-63(66)57-54-51-48-45-42-39-36-27-24-21-18-15-12-9-6-3)71-65(68)59-56-53-50-47-44-41-38-35-33-31-29-26-23-20-17-14-11-8-5-2/h7,9-10,12,16-21,25-29,32-36,40,43,62H,4-6,8,11,13-15,22-24,30-31,37-39,41-42,44-61H2,1-3H3/b10-7-,12-9-,19-16-,20-17-,21-18-,28-25-,29-26-,34-32-,35-33-,36-27-,43-40-/t62-/m1/s1. The fourth-order valence-electron chi connectivity index (χ4n) is 7.37. The Labute approximate surface area is 436 Å². The summed E-state index contributed by atoms with van der Waals surface area (Å²) in [5, 5.41) is 0. The second-order valence-corrected chi connectivity index (χ2v) is 18.4. The first kappa shape index (κ1) is 66.6. The lowest BCUT2D eigenvalue weighted by Gasteiger charge is -2.18. The van der Waals surface area contributed by atoms with E-state index in [4.69, 9.17) is 14.2 Å². The number of ether oxygens (including phenoxy) is 3. The van der Waals surface area contributed by atoms with Crippen LogP contribution in [0.2, 0.25) is 0 Å². The van der Waals surface area contributed by atoms with E-state index in [1.54, 1.807) is 0 Å². The van der Waals surface area contributed by atoms with Crippen molar-refractivity contribution in [2.75, 3.05) is 13.2 Å². The van der Waals surface area contributed by atoms with E-state index in [-0.39, 0.29) is 31.1 Å². The molecule has 0 N–H and O–H groups in total. The van der Waals surface area contributed by atoms with Crippen LogP contribution in [0.3, 0.4) is 0 Å². The summed E-state index contributed by atoms with van der Waals surface area (Å²) in [5.41, 5.74) is 0. The van der Waals surface area contributed by atoms with Gasteiger partial charge in [-0.3, -0.25) is 14.4 Å². The maximum atomic E-state index is 12.9. The second kappa shape index (κ2) is 58.1. The normalized spacial score (nSPS) is 13.1. The van der Waals surface area contributed by atoms with Gasteiger partial charge in [0.05, 0.1) is 0 Å². The van der Waals surface area contributed by atoms with Crippen LogP contribution in [0.25, 0.3) is 0 Å². The number of esters is 3. The van der Waals surface area contributed by atoms with Crippen LogP contribution in [0, 0.1) is 0 Å². The van der Waals surface area contributed by atoms with Crippen LogP contribution in [0.15, 0.2) is 134 Å². The first-order chi connectivity index (χ1) is 35.0. The highest BCUT2D eigenvalue weighted by Gasteiger charge is 2.19. The molecule has 400 valence electrons. The molecule has 6 heteroatoms. The molecule has 0 saturated carbocycles. The Morgan fingerprint density at radius 3 is 0.873 bits per heavy atom. The minimum atomic E-state index is -0.812. The van der Waals surface area contributed by atoms with Gasteiger partial charge in [0.25, 0.3) is 0 Å². The van der Waals surface area contributed by atoms with Gasteiger partial charge in [-0.15, -0.1) is 0 Å². The van der Waals surface area contributed by atoms with Gasteiger partial charge in [-0.2, -0.15) is 0 Å². The third-order valence-electron chi connectivity index (χ3n) is 11.6. The van der Waals surface area contributed by atoms with Gasteiger partial charge in [0.15, 0.2) is 6.10 Å². The molecule has 0 spiro atoms. The quantitative estimate of drug-likeness (QED) is 0.0262. The highest BCUT2D eigenvalue weighted by Crippen LogP contribution is 2.13. The van der Waals surface area contributed by atoms with E-state index in [1.807, 2.05) is 0 Å². The zero-order valence-corrected chi connectivity index (χ0v) is 45.7. The van der Waals surface area contributed by atoms with Crippen LogP contribution in [0.5, 0.6) is 0 Å². The van der Waals surface area contributed by atoms with Crippen LogP contribution in [-0.4, -0.2) is 37.2 Å². The highest BCUT2D eigenvalue weighted by atomic mass is 16.6. The number of carbonyl (C=O) groups excluding carboxylic acids is 3. The molecular formula is C65H104O6. The molecule has 0 aliphatic carbocycles. The Hall–Kier alpha value is -4.45. The summed E-state index contributed by atoms with van der Waals surface area (Å²) in [6, 6.07) is 0. The molecule has 0 aliphatic heterocycles. The molecule has 0 bridgehead atoms. The maximum absolute atomic E-state index is 12.9. The topological polar surface area (TPSA) is 78.9 Å². The second-order valence-electron chi connectivity index (χ2n) is 18.4. The molecular weight excluding hydrogens is 877 g/mol. The molecule has 71 heavy (non-hydrogen) atoms. The lowest BCUT2D eigenvalue weighted by molar-refractivity contribution is -0.167. The lowest BCUT2D eigenvalue weighted by Crippen LogP contribution is -2.30. The average Bonchev–Trinajstić information content (AvgIpc) is 3.37. The van der Waals surface area contributed by atoms with E-state index < -0.39 is 6.10 Å². The smallest absolute Gasteiger partial charge is 0.306 e. The highest BCUT2D eigenvalue weighted by molar-refractivity contribution is 5.71. The molecule has 0 heterocycles. The van der Waals surface area contributed by atoms with Crippen molar-refractivity contribution in [3.8, 4) is 0 Å². The largest absolute Gasteiger partial charge is 0.462 e. The Bertz CT molecular complexity index is 1550. The number of allylic oxidation sites excluding steroid dienone is 22. The SMILES string of the molecule is CC/C=C\C/C=C\C/C=C\C/C=C\C/C=C\CCCCCC(=O)OC[C@@H](COC(=O)CCCCCCC/C=C\C/C=C\C/C=C\CC)OC(=O)CCCCCCCC/C=C\C/C=C\C/C=C\CCCCC. The third kappa shape index (κ3) is 56.3. The Morgan fingerprint density at radius 1 is 0.296 bits per heavy atom. The number of hydrogen-bond acceptors (Lipinski definition) is 6. The summed E-state index contributed by atoms with van der Waals surface area (Å²) in [4.78, 5) is 38.2. The summed E-state index contributed by atoms with van der Waals surface area (Å²) in [7, 11) is 0. The Kier molecular flexibility index (Phi) is 54.5. The molecule has 0 rings (SSSR count). The first-order valence-corrected chi connectivity index (χ1v) is 28.7. The van der Waals surface area contributed by atoms with E-state index in [9.17, 15) is 14.4 Å². The van der Waals surface area contributed by atoms with Gasteiger partial charge in [-0.1, -0.05) is 219 Å². The van der Waals surface area contributed by atoms with Crippen LogP contribution in [0.1, 0.15) is 239 Å². The van der Waals surface area contributed by atoms with Gasteiger partial charge in [0.2, 0.25) is 0 Å². The van der Waals surface area contributed by atoms with Crippen LogP contribution >= 0.6 is 0 Å². The molecule has 0 unspecified atom stereocenters. The van der Waals surface area contributed by atoms with Gasteiger partial charge in [0, 0.05) is 19.3 Å². The van der Waals surface area contributed by atoms with Crippen LogP contribution < -0.4 is 0 Å². The monoisotopic (exact) mass is 981 g/mol. The molecule has 0 aromatic rings. The molecule has 0 amide bonds. The van der Waals surface area contributed by atoms with Gasteiger partial charge in [-0.05, 0) is 135 Å². The van der Waals surface area contributed by atoms with Crippen molar-refractivity contribution < 1.29 is 28.6 Å². The third-order valence-corrected chi connectivity index (χ3v) is 11.6. The van der Waals surface area contributed by atoms with E-state index in [1.165, 1.54) is 38.5 Å². The summed E-state index contributed by atoms with van der Waals surface area (Å²) < 4.78 is 16.8. The summed E-state index contributed by atoms with van der Waals surface area (Å²) in [5.74, 6) is -0.973. The van der Waals surface area contributed by atoms with Crippen molar-refractivity contribution in [3.63, 3.8) is 0 Å². The first-order valence-electron chi connectivity index (χ1n) is 28.7. The molecule has 0 saturated heterocycles. The maximum Gasteiger partial charge on any atom is 0.306 e. The molecule has 0 aromatic heterocycles. The zero-order valence-electron chi connectivity index (χ0n) is 45.7. The summed E-state index contributed by atoms with van der Waals surface area (Å²) in [6.45, 7) is 6.32. The van der Waals surface area contributed by atoms with E-state index in [0.29, 0.717) is 19.3 Å². The summed E-state index contributed by atoms with van der Waals surface area (Å²) in [6.07, 6.45) is 81.5. The molecule has 6 nitrogen and oxygen atoms in total. The minimum absolute atomic E-state index is 0.108. The van der Waals surface area contributed by atoms with Crippen molar-refractivity contribution in [2.45, 2.75) is 245 Å². The number of carbonyl (C=O) groups is 3. The molecule has 0 radical (unpaired) electrons. The zero-order chi connectivity index (χ0) is 51.4. The van der Waals surface area contributed by atoms with E-state index in [2.05, 4.69) is 154 Å². The minimum Gasteiger partial charge on any atom is -0.462 e. The van der Waals surface area contributed by atoms with Gasteiger partial charge >= 0.3 is 17.9 Å². The number of rotatable bonds is 50. The molecule has 0 aliphatic rings. The van der Waals surface area contributed by atoms with Gasteiger partial charge in [0.1, 0.15) is 13.2 Å². The predicted octanol–water partition coefficient (Wildman–Crippen LogP) is 19.4. The number of hydrogen-bond donors (Lipinski definition) is 0. The average molecular weight is 982 g/mol. The molecule has 0 fully saturated rings. The van der Waals surface area contributed by atoms with Crippen LogP contribution in [0.4, 0.5) is 0 Å². The van der Waals surface area contributed by atoms with Crippen molar-refractivity contribution >= 4 is 17.9 Å². The van der Waals surface area contributed by atoms with Gasteiger partial charge in [-0.25, -0.2) is 0 Å². The van der Waals surface area contributed by atoms with E-state index >= 15 is 0 Å². The van der Waals surface area contributed by atoms with Crippen molar-refractivity contribution in [2.24, 2.45) is 0 Å². The Balaban J connectivity index is 4.52. The van der Waals surface area contributed by atoms with Gasteiger partial charge < -0.3 is 14.2 Å². The van der Waals surface area contributed by atoms with E-state index in [0.717, 1.165) is 161 Å². The fourth-order valence-corrected chi connectivity index (χ4v) is 7.37. The van der Waals surface area contributed by atoms with Crippen molar-refractivity contribution in [1.82, 2.24) is 0 Å². The Morgan fingerprint density at radius 2 is 0.549 bits per heavy atom. The van der Waals surface area contributed by atoms with Crippen molar-refractivity contribution in [1.29, 1.82) is 0 Å². The summed E-state index contributed by atoms with van der Waals surface area (Å²) >= 11 is 0.